The Hall–Kier alpha value is -1.79. The van der Waals surface area contributed by atoms with Gasteiger partial charge in [-0.15, -0.1) is 0 Å². The number of thiocarbonyl (C=S) groups is 1. The molecule has 0 saturated heterocycles. The molecule has 3 rings (SSSR count). The molecule has 0 aliphatic heterocycles. The van der Waals surface area contributed by atoms with Crippen LogP contribution in [0.2, 0.25) is 0 Å². The number of hydrogen-bond acceptors (Lipinski definition) is 3. The molecule has 2 heterocycles. The topological polar surface area (TPSA) is 56.7 Å². The predicted octanol–water partition coefficient (Wildman–Crippen LogP) is 3.32. The van der Waals surface area contributed by atoms with Crippen molar-refractivity contribution in [3.05, 3.63) is 52.4 Å². The Morgan fingerprint density at radius 3 is 2.86 bits per heavy atom. The van der Waals surface area contributed by atoms with Crippen molar-refractivity contribution in [1.29, 1.82) is 0 Å². The van der Waals surface area contributed by atoms with Crippen LogP contribution in [0, 0.1) is 6.92 Å². The largest absolute Gasteiger partial charge is 0.393 e. The lowest BCUT2D eigenvalue weighted by atomic mass is 10.2. The number of fused-ring (bicyclic) bond motifs is 1. The van der Waals surface area contributed by atoms with Gasteiger partial charge in [0.05, 0.1) is 22.4 Å². The monoisotopic (exact) mass is 360 g/mol. The zero-order valence-corrected chi connectivity index (χ0v) is 13.8. The highest BCUT2D eigenvalue weighted by molar-refractivity contribution is 9.10. The van der Waals surface area contributed by atoms with Crippen molar-refractivity contribution in [3.8, 4) is 5.82 Å². The van der Waals surface area contributed by atoms with Crippen molar-refractivity contribution in [2.45, 2.75) is 13.3 Å². The molecule has 3 aromatic rings. The van der Waals surface area contributed by atoms with Crippen LogP contribution in [0.1, 0.15) is 11.4 Å². The molecule has 0 unspecified atom stereocenters. The number of rotatable bonds is 3. The number of benzene rings is 1. The third-order valence-electron chi connectivity index (χ3n) is 3.19. The van der Waals surface area contributed by atoms with Gasteiger partial charge >= 0.3 is 0 Å². The van der Waals surface area contributed by atoms with E-state index in [9.17, 15) is 0 Å². The standard InChI is InChI=1S/C15H13BrN4S/c1-9-6-10(16)8-18-15(9)20-12-5-3-2-4-11(12)19-14(20)7-13(17)21/h2-6,8H,7H2,1H3,(H2,17,21). The summed E-state index contributed by atoms with van der Waals surface area (Å²) in [4.78, 5) is 9.58. The molecular weight excluding hydrogens is 348 g/mol. The molecule has 0 spiro atoms. The minimum absolute atomic E-state index is 0.418. The second kappa shape index (κ2) is 5.54. The maximum Gasteiger partial charge on any atom is 0.141 e. The highest BCUT2D eigenvalue weighted by Gasteiger charge is 2.15. The van der Waals surface area contributed by atoms with Crippen molar-refractivity contribution in [3.63, 3.8) is 0 Å². The summed E-state index contributed by atoms with van der Waals surface area (Å²) in [6.45, 7) is 2.02. The molecule has 0 amide bonds. The summed E-state index contributed by atoms with van der Waals surface area (Å²) in [7, 11) is 0. The van der Waals surface area contributed by atoms with Crippen LogP contribution in [0.15, 0.2) is 41.0 Å². The van der Waals surface area contributed by atoms with Crippen LogP contribution in [0.5, 0.6) is 0 Å². The molecule has 6 heteroatoms. The van der Waals surface area contributed by atoms with E-state index in [1.165, 1.54) is 0 Å². The van der Waals surface area contributed by atoms with Gasteiger partial charge in [0.25, 0.3) is 0 Å². The van der Waals surface area contributed by atoms with E-state index in [-0.39, 0.29) is 0 Å². The number of nitrogens with two attached hydrogens (primary N) is 1. The van der Waals surface area contributed by atoms with Gasteiger partial charge in [0.1, 0.15) is 11.6 Å². The third-order valence-corrected chi connectivity index (χ3v) is 3.77. The SMILES string of the molecule is Cc1cc(Br)cnc1-n1c(CC(N)=S)nc2ccccc21. The summed E-state index contributed by atoms with van der Waals surface area (Å²) in [5, 5.41) is 0. The Bertz CT molecular complexity index is 841. The quantitative estimate of drug-likeness (QED) is 0.727. The fraction of sp³-hybridized carbons (Fsp3) is 0.133. The first-order chi connectivity index (χ1) is 10.1. The van der Waals surface area contributed by atoms with Crippen LogP contribution in [-0.2, 0) is 6.42 Å². The minimum atomic E-state index is 0.418. The van der Waals surface area contributed by atoms with E-state index in [0.29, 0.717) is 11.4 Å². The average Bonchev–Trinajstić information content (AvgIpc) is 2.76. The molecule has 0 aliphatic carbocycles. The highest BCUT2D eigenvalue weighted by Crippen LogP contribution is 2.24. The first-order valence-corrected chi connectivity index (χ1v) is 7.63. The number of pyridine rings is 1. The number of para-hydroxylation sites is 2. The molecule has 0 fully saturated rings. The zero-order valence-electron chi connectivity index (χ0n) is 11.4. The second-order valence-electron chi connectivity index (χ2n) is 4.79. The van der Waals surface area contributed by atoms with Gasteiger partial charge in [-0.05, 0) is 46.6 Å². The van der Waals surface area contributed by atoms with Gasteiger partial charge in [0, 0.05) is 10.7 Å². The van der Waals surface area contributed by atoms with Crippen molar-refractivity contribution in [1.82, 2.24) is 14.5 Å². The lowest BCUT2D eigenvalue weighted by Crippen LogP contribution is -2.15. The Morgan fingerprint density at radius 2 is 2.14 bits per heavy atom. The molecule has 0 radical (unpaired) electrons. The fourth-order valence-corrected chi connectivity index (χ4v) is 2.93. The minimum Gasteiger partial charge on any atom is -0.393 e. The third kappa shape index (κ3) is 2.69. The highest BCUT2D eigenvalue weighted by atomic mass is 79.9. The molecule has 1 aromatic carbocycles. The van der Waals surface area contributed by atoms with Gasteiger partial charge < -0.3 is 5.73 Å². The predicted molar refractivity (Wildman–Crippen MR) is 91.8 cm³/mol. The molecular formula is C15H13BrN4S. The van der Waals surface area contributed by atoms with Crippen LogP contribution >= 0.6 is 28.1 Å². The molecule has 0 saturated carbocycles. The van der Waals surface area contributed by atoms with E-state index in [1.807, 2.05) is 41.8 Å². The Kier molecular flexibility index (Phi) is 3.73. The molecule has 4 nitrogen and oxygen atoms in total. The number of aryl methyl sites for hydroxylation is 1. The zero-order chi connectivity index (χ0) is 15.0. The van der Waals surface area contributed by atoms with E-state index in [0.717, 1.165) is 32.7 Å². The van der Waals surface area contributed by atoms with Gasteiger partial charge in [0.15, 0.2) is 0 Å². The normalized spacial score (nSPS) is 11.0. The van der Waals surface area contributed by atoms with Crippen molar-refractivity contribution in [2.24, 2.45) is 5.73 Å². The molecule has 106 valence electrons. The number of aromatic nitrogens is 3. The van der Waals surface area contributed by atoms with Gasteiger partial charge in [-0.25, -0.2) is 9.97 Å². The summed E-state index contributed by atoms with van der Waals surface area (Å²) in [6, 6.07) is 9.98. The summed E-state index contributed by atoms with van der Waals surface area (Å²) < 4.78 is 2.97. The average molecular weight is 361 g/mol. The molecule has 0 aliphatic rings. The lowest BCUT2D eigenvalue weighted by Gasteiger charge is -2.11. The van der Waals surface area contributed by atoms with Crippen LogP contribution in [0.25, 0.3) is 16.9 Å². The summed E-state index contributed by atoms with van der Waals surface area (Å²) in [5.74, 6) is 1.65. The first-order valence-electron chi connectivity index (χ1n) is 6.43. The van der Waals surface area contributed by atoms with E-state index >= 15 is 0 Å². The molecule has 21 heavy (non-hydrogen) atoms. The Labute approximate surface area is 136 Å². The molecule has 0 atom stereocenters. The van der Waals surface area contributed by atoms with E-state index in [2.05, 4.69) is 25.9 Å². The van der Waals surface area contributed by atoms with E-state index in [1.54, 1.807) is 6.20 Å². The molecule has 0 bridgehead atoms. The number of hydrogen-bond donors (Lipinski definition) is 1. The molecule has 2 N–H and O–H groups in total. The fourth-order valence-electron chi connectivity index (χ4n) is 2.35. The smallest absolute Gasteiger partial charge is 0.141 e. The van der Waals surface area contributed by atoms with E-state index < -0.39 is 0 Å². The van der Waals surface area contributed by atoms with Gasteiger partial charge in [-0.1, -0.05) is 24.4 Å². The van der Waals surface area contributed by atoms with Gasteiger partial charge in [-0.2, -0.15) is 0 Å². The number of halogens is 1. The van der Waals surface area contributed by atoms with Crippen molar-refractivity contribution >= 4 is 44.2 Å². The summed E-state index contributed by atoms with van der Waals surface area (Å²) in [5.41, 5.74) is 8.67. The van der Waals surface area contributed by atoms with Crippen molar-refractivity contribution < 1.29 is 0 Å². The van der Waals surface area contributed by atoms with Crippen LogP contribution < -0.4 is 5.73 Å². The molecule has 2 aromatic heterocycles. The van der Waals surface area contributed by atoms with Crippen molar-refractivity contribution in [2.75, 3.05) is 0 Å². The maximum atomic E-state index is 5.71. The second-order valence-corrected chi connectivity index (χ2v) is 6.23. The Morgan fingerprint density at radius 1 is 1.38 bits per heavy atom. The van der Waals surface area contributed by atoms with Gasteiger partial charge in [-0.3, -0.25) is 4.57 Å². The Balaban J connectivity index is 2.30. The summed E-state index contributed by atoms with van der Waals surface area (Å²) in [6.07, 6.45) is 2.23. The van der Waals surface area contributed by atoms with Gasteiger partial charge in [0.2, 0.25) is 0 Å². The van der Waals surface area contributed by atoms with E-state index in [4.69, 9.17) is 18.0 Å². The van der Waals surface area contributed by atoms with Crippen LogP contribution in [-0.4, -0.2) is 19.5 Å². The van der Waals surface area contributed by atoms with Crippen LogP contribution in [0.4, 0.5) is 0 Å². The number of imidazole rings is 1. The summed E-state index contributed by atoms with van der Waals surface area (Å²) >= 11 is 8.48. The maximum absolute atomic E-state index is 5.71. The lowest BCUT2D eigenvalue weighted by molar-refractivity contribution is 0.919. The first kappa shape index (κ1) is 14.2. The number of nitrogens with zero attached hydrogens (tertiary/aromatic N) is 3. The van der Waals surface area contributed by atoms with Crippen LogP contribution in [0.3, 0.4) is 0 Å².